The molecule has 148 valence electrons. The van der Waals surface area contributed by atoms with Gasteiger partial charge in [-0.2, -0.15) is 0 Å². The van der Waals surface area contributed by atoms with Crippen molar-refractivity contribution in [2.75, 3.05) is 20.3 Å². The van der Waals surface area contributed by atoms with Gasteiger partial charge in [-0.15, -0.1) is 0 Å². The van der Waals surface area contributed by atoms with Crippen LogP contribution in [0.25, 0.3) is 0 Å². The molecule has 0 aromatic heterocycles. The third-order valence-corrected chi connectivity index (χ3v) is 4.65. The third kappa shape index (κ3) is 7.23. The van der Waals surface area contributed by atoms with Gasteiger partial charge in [-0.3, -0.25) is 0 Å². The molecular weight excluding hydrogens is 385 g/mol. The summed E-state index contributed by atoms with van der Waals surface area (Å²) < 4.78 is 17.1. The zero-order valence-electron chi connectivity index (χ0n) is 16.1. The fraction of sp³-hybridized carbons (Fsp3) is 0.429. The first-order valence-electron chi connectivity index (χ1n) is 9.06. The molecule has 6 heteroatoms. The first-order valence-corrected chi connectivity index (χ1v) is 9.81. The van der Waals surface area contributed by atoms with Crippen molar-refractivity contribution in [2.24, 2.45) is 0 Å². The summed E-state index contributed by atoms with van der Waals surface area (Å²) in [6.07, 6.45) is 1.23. The fourth-order valence-corrected chi connectivity index (χ4v) is 2.87. The van der Waals surface area contributed by atoms with Crippen molar-refractivity contribution in [3.63, 3.8) is 0 Å². The van der Waals surface area contributed by atoms with E-state index in [9.17, 15) is 0 Å². The van der Waals surface area contributed by atoms with Gasteiger partial charge >= 0.3 is 0 Å². The maximum Gasteiger partial charge on any atom is 0.166 e. The van der Waals surface area contributed by atoms with E-state index in [1.807, 2.05) is 44.2 Å². The molecule has 27 heavy (non-hydrogen) atoms. The van der Waals surface area contributed by atoms with E-state index in [-0.39, 0.29) is 6.10 Å². The van der Waals surface area contributed by atoms with E-state index in [1.165, 1.54) is 0 Å². The topological polar surface area (TPSA) is 39.7 Å². The molecule has 0 saturated carbocycles. The average Bonchev–Trinajstić information content (AvgIpc) is 2.65. The largest absolute Gasteiger partial charge is 0.493 e. The van der Waals surface area contributed by atoms with E-state index < -0.39 is 0 Å². The van der Waals surface area contributed by atoms with Gasteiger partial charge in [0.2, 0.25) is 0 Å². The Labute approximate surface area is 171 Å². The Hall–Kier alpha value is -1.46. The van der Waals surface area contributed by atoms with Crippen LogP contribution >= 0.6 is 23.2 Å². The lowest BCUT2D eigenvalue weighted by Gasteiger charge is -2.16. The third-order valence-electron chi connectivity index (χ3n) is 3.91. The van der Waals surface area contributed by atoms with Crippen LogP contribution in [-0.4, -0.2) is 26.4 Å². The first-order chi connectivity index (χ1) is 13.0. The van der Waals surface area contributed by atoms with Crippen molar-refractivity contribution >= 4 is 23.2 Å². The zero-order valence-corrected chi connectivity index (χ0v) is 17.6. The number of rotatable bonds is 11. The minimum Gasteiger partial charge on any atom is -0.493 e. The van der Waals surface area contributed by atoms with Crippen LogP contribution in [0, 0.1) is 0 Å². The summed E-state index contributed by atoms with van der Waals surface area (Å²) in [5.41, 5.74) is 1.99. The number of halogens is 2. The molecule has 2 aromatic carbocycles. The van der Waals surface area contributed by atoms with Crippen LogP contribution in [0.4, 0.5) is 0 Å². The lowest BCUT2D eigenvalue weighted by atomic mass is 10.1. The molecule has 2 aromatic rings. The molecule has 0 aliphatic carbocycles. The normalized spacial score (nSPS) is 11.0. The van der Waals surface area contributed by atoms with Gasteiger partial charge in [0.05, 0.1) is 23.3 Å². The van der Waals surface area contributed by atoms with Crippen LogP contribution in [0.5, 0.6) is 11.5 Å². The summed E-state index contributed by atoms with van der Waals surface area (Å²) in [7, 11) is 1.64. The van der Waals surface area contributed by atoms with E-state index in [1.54, 1.807) is 13.2 Å². The number of hydrogen-bond acceptors (Lipinski definition) is 4. The van der Waals surface area contributed by atoms with Crippen LogP contribution in [0.2, 0.25) is 10.0 Å². The van der Waals surface area contributed by atoms with Gasteiger partial charge in [-0.05, 0) is 50.6 Å². The van der Waals surface area contributed by atoms with E-state index in [0.29, 0.717) is 28.9 Å². The lowest BCUT2D eigenvalue weighted by Crippen LogP contribution is -2.18. The minimum absolute atomic E-state index is 0.268. The van der Waals surface area contributed by atoms with Crippen LogP contribution in [0.15, 0.2) is 36.4 Å². The molecule has 0 unspecified atom stereocenters. The smallest absolute Gasteiger partial charge is 0.166 e. The van der Waals surface area contributed by atoms with Crippen molar-refractivity contribution in [3.8, 4) is 11.5 Å². The van der Waals surface area contributed by atoms with Crippen LogP contribution in [0.1, 0.15) is 31.4 Å². The second-order valence-electron chi connectivity index (χ2n) is 6.44. The molecule has 0 bridgehead atoms. The van der Waals surface area contributed by atoms with Crippen molar-refractivity contribution in [1.82, 2.24) is 5.32 Å². The Bertz CT molecular complexity index is 723. The maximum absolute atomic E-state index is 6.08. The van der Waals surface area contributed by atoms with E-state index in [4.69, 9.17) is 37.4 Å². The summed E-state index contributed by atoms with van der Waals surface area (Å²) in [6.45, 7) is 6.78. The second-order valence-corrected chi connectivity index (χ2v) is 7.25. The number of methoxy groups -OCH3 is 1. The van der Waals surface area contributed by atoms with E-state index in [2.05, 4.69) is 5.32 Å². The molecule has 0 spiro atoms. The summed E-state index contributed by atoms with van der Waals surface area (Å²) in [5.74, 6) is 1.44. The quantitative estimate of drug-likeness (QED) is 0.496. The number of nitrogens with one attached hydrogen (secondary N) is 1. The predicted octanol–water partition coefficient (Wildman–Crippen LogP) is 5.49. The van der Waals surface area contributed by atoms with Crippen molar-refractivity contribution in [1.29, 1.82) is 0 Å². The molecular formula is C21H27Cl2NO3. The molecule has 0 radical (unpaired) electrons. The number of para-hydroxylation sites is 1. The van der Waals surface area contributed by atoms with Crippen molar-refractivity contribution < 1.29 is 14.2 Å². The lowest BCUT2D eigenvalue weighted by molar-refractivity contribution is 0.0770. The molecule has 4 nitrogen and oxygen atoms in total. The summed E-state index contributed by atoms with van der Waals surface area (Å²) in [5, 5.41) is 4.48. The number of hydrogen-bond donors (Lipinski definition) is 1. The Kier molecular flexibility index (Phi) is 9.22. The monoisotopic (exact) mass is 411 g/mol. The molecule has 0 aliphatic rings. The van der Waals surface area contributed by atoms with Crippen molar-refractivity contribution in [2.45, 2.75) is 39.5 Å². The Morgan fingerprint density at radius 2 is 1.89 bits per heavy atom. The standard InChI is InChI=1S/C21H27Cl2NO3/c1-15(2)26-11-5-10-24-13-17-6-4-7-20(25-3)21(17)27-14-16-8-9-18(22)19(23)12-16/h4,6-9,12,15,24H,5,10-11,13-14H2,1-3H3. The van der Waals surface area contributed by atoms with E-state index in [0.717, 1.165) is 36.4 Å². The number of benzene rings is 2. The van der Waals surface area contributed by atoms with Gasteiger partial charge in [0.25, 0.3) is 0 Å². The van der Waals surface area contributed by atoms with E-state index >= 15 is 0 Å². The minimum atomic E-state index is 0.268. The summed E-state index contributed by atoms with van der Waals surface area (Å²) in [4.78, 5) is 0. The Morgan fingerprint density at radius 3 is 2.59 bits per heavy atom. The van der Waals surface area contributed by atoms with Gasteiger partial charge in [-0.1, -0.05) is 41.4 Å². The Morgan fingerprint density at radius 1 is 1.07 bits per heavy atom. The van der Waals surface area contributed by atoms with Crippen LogP contribution in [0.3, 0.4) is 0 Å². The Balaban J connectivity index is 1.96. The highest BCUT2D eigenvalue weighted by molar-refractivity contribution is 6.42. The first kappa shape index (κ1) is 21.8. The highest BCUT2D eigenvalue weighted by Gasteiger charge is 2.11. The van der Waals surface area contributed by atoms with Gasteiger partial charge in [0.15, 0.2) is 11.5 Å². The predicted molar refractivity (Wildman–Crippen MR) is 111 cm³/mol. The molecule has 2 rings (SSSR count). The fourth-order valence-electron chi connectivity index (χ4n) is 2.55. The molecule has 0 atom stereocenters. The maximum atomic E-state index is 6.08. The van der Waals surface area contributed by atoms with Gasteiger partial charge < -0.3 is 19.5 Å². The van der Waals surface area contributed by atoms with Crippen LogP contribution < -0.4 is 14.8 Å². The van der Waals surface area contributed by atoms with Gasteiger partial charge in [0.1, 0.15) is 6.61 Å². The van der Waals surface area contributed by atoms with Gasteiger partial charge in [0, 0.05) is 18.7 Å². The highest BCUT2D eigenvalue weighted by Crippen LogP contribution is 2.32. The second kappa shape index (κ2) is 11.4. The summed E-state index contributed by atoms with van der Waals surface area (Å²) >= 11 is 12.1. The molecule has 0 amide bonds. The van der Waals surface area contributed by atoms with Gasteiger partial charge in [-0.25, -0.2) is 0 Å². The zero-order chi connectivity index (χ0) is 19.6. The summed E-state index contributed by atoms with van der Waals surface area (Å²) in [6, 6.07) is 11.4. The number of ether oxygens (including phenoxy) is 3. The van der Waals surface area contributed by atoms with Crippen molar-refractivity contribution in [3.05, 3.63) is 57.6 Å². The highest BCUT2D eigenvalue weighted by atomic mass is 35.5. The molecule has 0 saturated heterocycles. The average molecular weight is 412 g/mol. The SMILES string of the molecule is COc1cccc(CNCCCOC(C)C)c1OCc1ccc(Cl)c(Cl)c1. The molecule has 0 aliphatic heterocycles. The van der Waals surface area contributed by atoms with Crippen LogP contribution in [-0.2, 0) is 17.9 Å². The molecule has 0 fully saturated rings. The molecule has 1 N–H and O–H groups in total. The molecule has 0 heterocycles.